The fraction of sp³-hybridized carbons (Fsp3) is 0.500. The fourth-order valence-corrected chi connectivity index (χ4v) is 4.54. The van der Waals surface area contributed by atoms with Gasteiger partial charge in [0.1, 0.15) is 6.10 Å². The van der Waals surface area contributed by atoms with E-state index in [-0.39, 0.29) is 18.1 Å². The summed E-state index contributed by atoms with van der Waals surface area (Å²) < 4.78 is 6.66. The van der Waals surface area contributed by atoms with Gasteiger partial charge in [0.25, 0.3) is 0 Å². The van der Waals surface area contributed by atoms with Gasteiger partial charge in [-0.25, -0.2) is 9.59 Å². The number of hydrogen-bond acceptors (Lipinski definition) is 4. The molecule has 2 heterocycles. The summed E-state index contributed by atoms with van der Waals surface area (Å²) in [5.74, 6) is -0.337. The minimum Gasteiger partial charge on any atom is -0.459 e. The van der Waals surface area contributed by atoms with Gasteiger partial charge >= 0.3 is 12.0 Å². The van der Waals surface area contributed by atoms with Crippen LogP contribution < -0.4 is 10.6 Å². The third-order valence-electron chi connectivity index (χ3n) is 4.19. The lowest BCUT2D eigenvalue weighted by Crippen LogP contribution is -2.45. The molecule has 0 bridgehead atoms. The minimum atomic E-state index is -0.462. The summed E-state index contributed by atoms with van der Waals surface area (Å²) >= 11 is 4.92. The van der Waals surface area contributed by atoms with Crippen LogP contribution in [-0.4, -0.2) is 18.1 Å². The fourth-order valence-electron chi connectivity index (χ4n) is 3.06. The molecule has 1 fully saturated rings. The highest BCUT2D eigenvalue weighted by molar-refractivity contribution is 9.11. The molecule has 1 aromatic rings. The average Bonchev–Trinajstić information content (AvgIpc) is 2.93. The summed E-state index contributed by atoms with van der Waals surface area (Å²) in [6, 6.07) is 3.06. The molecule has 1 aliphatic heterocycles. The monoisotopic (exact) mass is 398 g/mol. The number of allylic oxidation sites excluding steroid dienone is 1. The number of nitrogens with one attached hydrogen (secondary N) is 2. The number of carbonyl (C=O) groups excluding carboxylic acids is 2. The number of ether oxygens (including phenoxy) is 1. The molecule has 1 atom stereocenters. The second-order valence-corrected chi connectivity index (χ2v) is 8.37. The van der Waals surface area contributed by atoms with E-state index in [0.29, 0.717) is 11.3 Å². The van der Waals surface area contributed by atoms with Crippen LogP contribution in [0.1, 0.15) is 49.9 Å². The molecule has 3 rings (SSSR count). The summed E-state index contributed by atoms with van der Waals surface area (Å²) in [5.41, 5.74) is 1.05. The van der Waals surface area contributed by atoms with Gasteiger partial charge in [0.2, 0.25) is 0 Å². The Labute approximate surface area is 147 Å². The lowest BCUT2D eigenvalue weighted by molar-refractivity contribution is -0.146. The normalized spacial score (nSPS) is 22.5. The van der Waals surface area contributed by atoms with E-state index < -0.39 is 6.04 Å². The number of hydrogen-bond donors (Lipinski definition) is 2. The molecule has 7 heteroatoms. The van der Waals surface area contributed by atoms with Crippen LogP contribution in [0.4, 0.5) is 4.79 Å². The zero-order valence-electron chi connectivity index (χ0n) is 12.9. The van der Waals surface area contributed by atoms with Gasteiger partial charge in [0.05, 0.1) is 15.4 Å². The molecule has 2 amide bonds. The van der Waals surface area contributed by atoms with Crippen molar-refractivity contribution in [3.63, 3.8) is 0 Å². The van der Waals surface area contributed by atoms with Crippen LogP contribution >= 0.6 is 27.3 Å². The van der Waals surface area contributed by atoms with Crippen molar-refractivity contribution in [2.45, 2.75) is 51.2 Å². The highest BCUT2D eigenvalue weighted by atomic mass is 79.9. The number of urea groups is 1. The van der Waals surface area contributed by atoms with Crippen LogP contribution in [0.3, 0.4) is 0 Å². The molecule has 0 aromatic carbocycles. The first kappa shape index (κ1) is 16.5. The van der Waals surface area contributed by atoms with Crippen LogP contribution in [0.15, 0.2) is 27.2 Å². The Balaban J connectivity index is 1.84. The van der Waals surface area contributed by atoms with Crippen molar-refractivity contribution >= 4 is 39.3 Å². The molecule has 5 nitrogen and oxygen atoms in total. The van der Waals surface area contributed by atoms with Gasteiger partial charge < -0.3 is 15.4 Å². The first-order valence-electron chi connectivity index (χ1n) is 7.79. The summed E-state index contributed by atoms with van der Waals surface area (Å²) in [5, 5.41) is 5.50. The molecule has 2 aliphatic rings. The van der Waals surface area contributed by atoms with Gasteiger partial charge in [0.15, 0.2) is 0 Å². The zero-order chi connectivity index (χ0) is 16.4. The molecule has 1 unspecified atom stereocenters. The molecule has 2 N–H and O–H groups in total. The van der Waals surface area contributed by atoms with Gasteiger partial charge in [-0.15, -0.1) is 11.3 Å². The van der Waals surface area contributed by atoms with Crippen molar-refractivity contribution in [3.05, 3.63) is 32.1 Å². The van der Waals surface area contributed by atoms with Crippen LogP contribution in [0.5, 0.6) is 0 Å². The van der Waals surface area contributed by atoms with Gasteiger partial charge in [0, 0.05) is 10.6 Å². The van der Waals surface area contributed by atoms with Gasteiger partial charge in [-0.3, -0.25) is 0 Å². The summed E-state index contributed by atoms with van der Waals surface area (Å²) in [6.45, 7) is 1.74. The Morgan fingerprint density at radius 3 is 2.70 bits per heavy atom. The number of halogens is 1. The molecule has 0 spiro atoms. The minimum absolute atomic E-state index is 0.00935. The SMILES string of the molecule is CC1=C(C(=O)OC2CCCCC2)C(c2ccc(Br)s2)NC(=O)N1. The average molecular weight is 399 g/mol. The molecule has 1 aromatic heterocycles. The Kier molecular flexibility index (Phi) is 5.06. The predicted molar refractivity (Wildman–Crippen MR) is 92.1 cm³/mol. The highest BCUT2D eigenvalue weighted by Crippen LogP contribution is 2.34. The van der Waals surface area contributed by atoms with Crippen LogP contribution in [-0.2, 0) is 9.53 Å². The van der Waals surface area contributed by atoms with E-state index in [4.69, 9.17) is 4.74 Å². The van der Waals surface area contributed by atoms with Crippen LogP contribution in [0.2, 0.25) is 0 Å². The first-order chi connectivity index (χ1) is 11.0. The molecule has 23 heavy (non-hydrogen) atoms. The van der Waals surface area contributed by atoms with Gasteiger partial charge in [-0.05, 0) is 60.7 Å². The van der Waals surface area contributed by atoms with Crippen molar-refractivity contribution in [1.82, 2.24) is 10.6 Å². The molecule has 0 radical (unpaired) electrons. The molecule has 1 aliphatic carbocycles. The summed E-state index contributed by atoms with van der Waals surface area (Å²) in [4.78, 5) is 25.4. The van der Waals surface area contributed by atoms with Crippen LogP contribution in [0.25, 0.3) is 0 Å². The quantitative estimate of drug-likeness (QED) is 0.755. The third-order valence-corrected chi connectivity index (χ3v) is 5.88. The van der Waals surface area contributed by atoms with Gasteiger partial charge in [-0.1, -0.05) is 6.42 Å². The van der Waals surface area contributed by atoms with E-state index >= 15 is 0 Å². The molecular weight excluding hydrogens is 380 g/mol. The number of thiophene rings is 1. The maximum absolute atomic E-state index is 12.7. The van der Waals surface area contributed by atoms with Crippen molar-refractivity contribution in [2.75, 3.05) is 0 Å². The maximum Gasteiger partial charge on any atom is 0.338 e. The lowest BCUT2D eigenvalue weighted by atomic mass is 9.97. The van der Waals surface area contributed by atoms with E-state index in [1.807, 2.05) is 12.1 Å². The van der Waals surface area contributed by atoms with E-state index in [1.165, 1.54) is 17.8 Å². The number of esters is 1. The summed E-state index contributed by atoms with van der Waals surface area (Å²) in [6.07, 6.45) is 5.25. The van der Waals surface area contributed by atoms with Crippen molar-refractivity contribution in [2.24, 2.45) is 0 Å². The number of amides is 2. The molecule has 1 saturated carbocycles. The predicted octanol–water partition coefficient (Wildman–Crippen LogP) is 4.01. The van der Waals surface area contributed by atoms with E-state index in [9.17, 15) is 9.59 Å². The second-order valence-electron chi connectivity index (χ2n) is 5.88. The summed E-state index contributed by atoms with van der Waals surface area (Å²) in [7, 11) is 0. The maximum atomic E-state index is 12.7. The smallest absolute Gasteiger partial charge is 0.338 e. The van der Waals surface area contributed by atoms with Crippen molar-refractivity contribution in [3.8, 4) is 0 Å². The molecular formula is C16H19BrN2O3S. The molecule has 124 valence electrons. The Hall–Kier alpha value is -1.34. The highest BCUT2D eigenvalue weighted by Gasteiger charge is 2.34. The van der Waals surface area contributed by atoms with E-state index in [0.717, 1.165) is 34.3 Å². The Morgan fingerprint density at radius 2 is 2.04 bits per heavy atom. The zero-order valence-corrected chi connectivity index (χ0v) is 15.3. The Bertz CT molecular complexity index is 650. The Morgan fingerprint density at radius 1 is 1.30 bits per heavy atom. The largest absolute Gasteiger partial charge is 0.459 e. The topological polar surface area (TPSA) is 67.4 Å². The second kappa shape index (κ2) is 7.05. The van der Waals surface area contributed by atoms with E-state index in [2.05, 4.69) is 26.6 Å². The van der Waals surface area contributed by atoms with Crippen molar-refractivity contribution < 1.29 is 14.3 Å². The van der Waals surface area contributed by atoms with Gasteiger partial charge in [-0.2, -0.15) is 0 Å². The number of rotatable bonds is 3. The molecule has 0 saturated heterocycles. The standard InChI is InChI=1S/C16H19BrN2O3S/c1-9-13(15(20)22-10-5-3-2-4-6-10)14(19-16(21)18-9)11-7-8-12(17)23-11/h7-8,10,14H,2-6H2,1H3,(H2,18,19,21). The van der Waals surface area contributed by atoms with Crippen LogP contribution in [0, 0.1) is 0 Å². The first-order valence-corrected chi connectivity index (χ1v) is 9.40. The third kappa shape index (κ3) is 3.77. The lowest BCUT2D eigenvalue weighted by Gasteiger charge is -2.29. The number of carbonyl (C=O) groups is 2. The van der Waals surface area contributed by atoms with Crippen molar-refractivity contribution in [1.29, 1.82) is 0 Å². The van der Waals surface area contributed by atoms with E-state index in [1.54, 1.807) is 6.92 Å².